The molecule has 0 spiro atoms. The Morgan fingerprint density at radius 2 is 1.73 bits per heavy atom. The zero-order valence-corrected chi connectivity index (χ0v) is 17.6. The van der Waals surface area contributed by atoms with Crippen LogP contribution in [0.2, 0.25) is 0 Å². The summed E-state index contributed by atoms with van der Waals surface area (Å²) in [5, 5.41) is 6.39. The summed E-state index contributed by atoms with van der Waals surface area (Å²) in [5.41, 5.74) is 2.36. The van der Waals surface area contributed by atoms with Crippen molar-refractivity contribution in [1.82, 2.24) is 0 Å². The lowest BCUT2D eigenvalue weighted by molar-refractivity contribution is -0.137. The number of rotatable bonds is 4. The van der Waals surface area contributed by atoms with Crippen LogP contribution < -0.4 is 9.75 Å². The molecule has 1 heterocycles. The van der Waals surface area contributed by atoms with Crippen LogP contribution in [0.25, 0.3) is 0 Å². The molecule has 0 radical (unpaired) electrons. The van der Waals surface area contributed by atoms with Gasteiger partial charge in [0, 0.05) is 10.9 Å². The second-order valence-corrected chi connectivity index (χ2v) is 7.86. The van der Waals surface area contributed by atoms with Gasteiger partial charge in [-0.15, -0.1) is 0 Å². The van der Waals surface area contributed by atoms with Crippen molar-refractivity contribution in [3.63, 3.8) is 0 Å². The summed E-state index contributed by atoms with van der Waals surface area (Å²) in [5.74, 6) is 0.689. The van der Waals surface area contributed by atoms with Crippen molar-refractivity contribution in [2.75, 3.05) is 12.1 Å². The number of hydrogen-bond acceptors (Lipinski definition) is 3. The van der Waals surface area contributed by atoms with Crippen LogP contribution >= 0.6 is 15.9 Å². The Balaban J connectivity index is 1.78. The molecule has 0 N–H and O–H groups in total. The van der Waals surface area contributed by atoms with Crippen LogP contribution in [0.1, 0.15) is 29.2 Å². The minimum atomic E-state index is -4.42. The molecule has 1 atom stereocenters. The zero-order valence-electron chi connectivity index (χ0n) is 16.0. The van der Waals surface area contributed by atoms with Crippen LogP contribution in [0.15, 0.2) is 82.4 Å². The minimum Gasteiger partial charge on any atom is -0.497 e. The van der Waals surface area contributed by atoms with E-state index in [0.717, 1.165) is 33.4 Å². The molecule has 154 valence electrons. The highest BCUT2D eigenvalue weighted by atomic mass is 79.9. The third-order valence-electron chi connectivity index (χ3n) is 5.00. The first kappa shape index (κ1) is 20.5. The Kier molecular flexibility index (Phi) is 5.56. The highest BCUT2D eigenvalue weighted by Gasteiger charge is 2.34. The maximum absolute atomic E-state index is 13.3. The number of methoxy groups -OCH3 is 1. The van der Waals surface area contributed by atoms with Crippen LogP contribution in [-0.2, 0) is 6.18 Å². The van der Waals surface area contributed by atoms with E-state index >= 15 is 0 Å². The Hall–Kier alpha value is -2.80. The van der Waals surface area contributed by atoms with Crippen LogP contribution in [0.4, 0.5) is 18.9 Å². The second kappa shape index (κ2) is 8.14. The van der Waals surface area contributed by atoms with E-state index in [4.69, 9.17) is 9.84 Å². The fraction of sp³-hybridized carbons (Fsp3) is 0.174. The molecule has 3 aromatic rings. The first-order chi connectivity index (χ1) is 14.3. The van der Waals surface area contributed by atoms with E-state index in [2.05, 4.69) is 15.9 Å². The molecule has 0 aliphatic carbocycles. The van der Waals surface area contributed by atoms with Gasteiger partial charge >= 0.3 is 6.18 Å². The number of alkyl halides is 3. The largest absolute Gasteiger partial charge is 0.497 e. The van der Waals surface area contributed by atoms with Crippen molar-refractivity contribution in [2.24, 2.45) is 5.10 Å². The summed E-state index contributed by atoms with van der Waals surface area (Å²) in [6, 6.07) is 20.3. The summed E-state index contributed by atoms with van der Waals surface area (Å²) < 4.78 is 46.1. The molecule has 7 heteroatoms. The molecule has 0 saturated carbocycles. The monoisotopic (exact) mass is 474 g/mol. The fourth-order valence-electron chi connectivity index (χ4n) is 3.50. The number of anilines is 1. The van der Waals surface area contributed by atoms with E-state index in [1.807, 2.05) is 48.5 Å². The van der Waals surface area contributed by atoms with Gasteiger partial charge in [-0.2, -0.15) is 18.3 Å². The molecule has 1 aliphatic rings. The number of hydrogen-bond donors (Lipinski definition) is 0. The topological polar surface area (TPSA) is 24.8 Å². The summed E-state index contributed by atoms with van der Waals surface area (Å²) >= 11 is 3.42. The van der Waals surface area contributed by atoms with Crippen molar-refractivity contribution in [3.8, 4) is 5.75 Å². The van der Waals surface area contributed by atoms with Crippen molar-refractivity contribution < 1.29 is 17.9 Å². The number of nitrogens with zero attached hydrogens (tertiary/aromatic N) is 2. The Labute approximate surface area is 180 Å². The van der Waals surface area contributed by atoms with E-state index in [1.54, 1.807) is 18.2 Å². The van der Waals surface area contributed by atoms with Crippen molar-refractivity contribution in [2.45, 2.75) is 18.6 Å². The lowest BCUT2D eigenvalue weighted by Crippen LogP contribution is -2.19. The lowest BCUT2D eigenvalue weighted by atomic mass is 9.98. The summed E-state index contributed by atoms with van der Waals surface area (Å²) in [6.07, 6.45) is -3.86. The Morgan fingerprint density at radius 1 is 1.00 bits per heavy atom. The molecule has 3 aromatic carbocycles. The standard InChI is InChI=1S/C23H18BrF3N2O/c1-30-20-7-2-4-16(12-20)22-14-21(15-8-10-18(24)11-9-15)28-29(22)19-6-3-5-17(13-19)23(25,26)27/h2-13,22H,14H2,1H3/t22-/m1/s1. The van der Waals surface area contributed by atoms with Gasteiger partial charge in [-0.25, -0.2) is 0 Å². The Bertz CT molecular complexity index is 1080. The Morgan fingerprint density at radius 3 is 2.43 bits per heavy atom. The van der Waals surface area contributed by atoms with Gasteiger partial charge in [-0.05, 0) is 53.6 Å². The average molecular weight is 475 g/mol. The van der Waals surface area contributed by atoms with Crippen LogP contribution in [-0.4, -0.2) is 12.8 Å². The summed E-state index contributed by atoms with van der Waals surface area (Å²) in [6.45, 7) is 0. The van der Waals surface area contributed by atoms with E-state index in [-0.39, 0.29) is 6.04 Å². The maximum atomic E-state index is 13.3. The molecule has 0 saturated heterocycles. The molecule has 0 fully saturated rings. The second-order valence-electron chi connectivity index (χ2n) is 6.94. The quantitative estimate of drug-likeness (QED) is 0.413. The summed E-state index contributed by atoms with van der Waals surface area (Å²) in [7, 11) is 1.59. The van der Waals surface area contributed by atoms with Gasteiger partial charge in [0.2, 0.25) is 0 Å². The molecule has 0 unspecified atom stereocenters. The molecule has 1 aliphatic heterocycles. The lowest BCUT2D eigenvalue weighted by Gasteiger charge is -2.25. The SMILES string of the molecule is COc1cccc([C@H]2CC(c3ccc(Br)cc3)=NN2c2cccc(C(F)(F)F)c2)c1. The average Bonchev–Trinajstić information content (AvgIpc) is 3.19. The number of hydrazone groups is 1. The molecule has 4 rings (SSSR count). The van der Waals surface area contributed by atoms with Crippen LogP contribution in [0.5, 0.6) is 5.75 Å². The number of ether oxygens (including phenoxy) is 1. The van der Waals surface area contributed by atoms with Gasteiger partial charge in [0.15, 0.2) is 0 Å². The van der Waals surface area contributed by atoms with E-state index in [9.17, 15) is 13.2 Å². The maximum Gasteiger partial charge on any atom is 0.416 e. The number of benzene rings is 3. The van der Waals surface area contributed by atoms with Gasteiger partial charge < -0.3 is 4.74 Å². The molecule has 0 bridgehead atoms. The zero-order chi connectivity index (χ0) is 21.3. The van der Waals surface area contributed by atoms with Gasteiger partial charge in [0.25, 0.3) is 0 Å². The van der Waals surface area contributed by atoms with E-state index in [1.165, 1.54) is 6.07 Å². The third-order valence-corrected chi connectivity index (χ3v) is 5.53. The van der Waals surface area contributed by atoms with Gasteiger partial charge in [-0.3, -0.25) is 5.01 Å². The third kappa shape index (κ3) is 4.21. The van der Waals surface area contributed by atoms with E-state index < -0.39 is 11.7 Å². The van der Waals surface area contributed by atoms with Gasteiger partial charge in [0.1, 0.15) is 5.75 Å². The van der Waals surface area contributed by atoms with Crippen molar-refractivity contribution in [3.05, 3.63) is 94.0 Å². The fourth-order valence-corrected chi connectivity index (χ4v) is 3.76. The first-order valence-electron chi connectivity index (χ1n) is 9.29. The van der Waals surface area contributed by atoms with Crippen molar-refractivity contribution >= 4 is 27.3 Å². The molecule has 0 amide bonds. The van der Waals surface area contributed by atoms with Crippen LogP contribution in [0, 0.1) is 0 Å². The number of halogens is 4. The molecule has 30 heavy (non-hydrogen) atoms. The van der Waals surface area contributed by atoms with E-state index in [0.29, 0.717) is 17.9 Å². The highest BCUT2D eigenvalue weighted by molar-refractivity contribution is 9.10. The molecule has 0 aromatic heterocycles. The smallest absolute Gasteiger partial charge is 0.416 e. The predicted octanol–water partition coefficient (Wildman–Crippen LogP) is 6.83. The minimum absolute atomic E-state index is 0.248. The van der Waals surface area contributed by atoms with Crippen molar-refractivity contribution in [1.29, 1.82) is 0 Å². The van der Waals surface area contributed by atoms with Crippen LogP contribution in [0.3, 0.4) is 0 Å². The predicted molar refractivity (Wildman–Crippen MR) is 115 cm³/mol. The molecular formula is C23H18BrF3N2O. The molecular weight excluding hydrogens is 457 g/mol. The summed E-state index contributed by atoms with van der Waals surface area (Å²) in [4.78, 5) is 0. The normalized spacial score (nSPS) is 16.5. The highest BCUT2D eigenvalue weighted by Crippen LogP contribution is 2.39. The van der Waals surface area contributed by atoms with Gasteiger partial charge in [-0.1, -0.05) is 46.3 Å². The molecule has 3 nitrogen and oxygen atoms in total. The first-order valence-corrected chi connectivity index (χ1v) is 10.1. The van der Waals surface area contributed by atoms with Gasteiger partial charge in [0.05, 0.1) is 30.1 Å².